The second-order valence-corrected chi connectivity index (χ2v) is 6.23. The van der Waals surface area contributed by atoms with Crippen LogP contribution in [0.25, 0.3) is 0 Å². The molecule has 4 nitrogen and oxygen atoms in total. The molecule has 1 aliphatic heterocycles. The lowest BCUT2D eigenvalue weighted by Gasteiger charge is -2.20. The zero-order valence-electron chi connectivity index (χ0n) is 13.0. The highest BCUT2D eigenvalue weighted by Gasteiger charge is 2.41. The number of rotatable bonds is 2. The number of imide groups is 1. The summed E-state index contributed by atoms with van der Waals surface area (Å²) in [6, 6.07) is 8.09. The Morgan fingerprint density at radius 2 is 1.72 bits per heavy atom. The van der Waals surface area contributed by atoms with Gasteiger partial charge in [0.05, 0.1) is 11.1 Å². The number of halogens is 3. The van der Waals surface area contributed by atoms with Crippen molar-refractivity contribution in [1.82, 2.24) is 9.88 Å². The zero-order chi connectivity index (χ0) is 17.8. The Labute approximate surface area is 141 Å². The monoisotopic (exact) mass is 346 g/mol. The lowest BCUT2D eigenvalue weighted by atomic mass is 10.0. The summed E-state index contributed by atoms with van der Waals surface area (Å²) >= 11 is 0. The van der Waals surface area contributed by atoms with Crippen molar-refractivity contribution < 1.29 is 22.8 Å². The van der Waals surface area contributed by atoms with Crippen LogP contribution >= 0.6 is 0 Å². The van der Waals surface area contributed by atoms with Crippen LogP contribution in [0, 0.1) is 0 Å². The molecule has 0 radical (unpaired) electrons. The topological polar surface area (TPSA) is 50.3 Å². The minimum Gasteiger partial charge on any atom is -0.274 e. The van der Waals surface area contributed by atoms with Crippen molar-refractivity contribution in [2.24, 2.45) is 0 Å². The van der Waals surface area contributed by atoms with Gasteiger partial charge in [-0.15, -0.1) is 0 Å². The molecule has 0 fully saturated rings. The van der Waals surface area contributed by atoms with Gasteiger partial charge in [-0.25, -0.2) is 0 Å². The van der Waals surface area contributed by atoms with E-state index in [0.29, 0.717) is 23.1 Å². The first kappa shape index (κ1) is 15.8. The van der Waals surface area contributed by atoms with Gasteiger partial charge in [-0.1, -0.05) is 12.1 Å². The number of carbonyl (C=O) groups excluding carboxylic acids is 2. The van der Waals surface area contributed by atoms with Crippen molar-refractivity contribution in [3.05, 3.63) is 64.5 Å². The first-order valence-electron chi connectivity index (χ1n) is 7.88. The van der Waals surface area contributed by atoms with Crippen LogP contribution in [-0.4, -0.2) is 28.2 Å². The van der Waals surface area contributed by atoms with Gasteiger partial charge in [0.25, 0.3) is 11.8 Å². The van der Waals surface area contributed by atoms with Crippen molar-refractivity contribution in [3.8, 4) is 0 Å². The van der Waals surface area contributed by atoms with Crippen LogP contribution in [-0.2, 0) is 12.6 Å². The normalized spacial score (nSPS) is 19.3. The van der Waals surface area contributed by atoms with Gasteiger partial charge < -0.3 is 0 Å². The molecule has 128 valence electrons. The van der Waals surface area contributed by atoms with Crippen LogP contribution in [0.2, 0.25) is 0 Å². The summed E-state index contributed by atoms with van der Waals surface area (Å²) in [5.74, 6) is -1.08. The number of fused-ring (bicyclic) bond motifs is 2. The molecule has 0 bridgehead atoms. The fourth-order valence-electron chi connectivity index (χ4n) is 3.69. The number of pyridine rings is 1. The number of nitrogens with zero attached hydrogens (tertiary/aromatic N) is 2. The Bertz CT molecular complexity index is 857. The first-order valence-corrected chi connectivity index (χ1v) is 7.88. The Morgan fingerprint density at radius 3 is 2.32 bits per heavy atom. The maximum atomic E-state index is 13.1. The molecule has 2 aliphatic rings. The Kier molecular flexibility index (Phi) is 3.42. The molecule has 1 atom stereocenters. The summed E-state index contributed by atoms with van der Waals surface area (Å²) in [6.45, 7) is 0.0840. The van der Waals surface area contributed by atoms with Crippen molar-refractivity contribution in [2.45, 2.75) is 24.9 Å². The summed E-state index contributed by atoms with van der Waals surface area (Å²) in [4.78, 5) is 29.5. The largest absolute Gasteiger partial charge is 0.433 e. The zero-order valence-corrected chi connectivity index (χ0v) is 13.0. The molecular weight excluding hydrogens is 333 g/mol. The molecule has 0 spiro atoms. The van der Waals surface area contributed by atoms with E-state index < -0.39 is 11.9 Å². The molecular formula is C18H13F3N2O2. The van der Waals surface area contributed by atoms with Gasteiger partial charge in [-0.2, -0.15) is 13.2 Å². The molecule has 0 N–H and O–H groups in total. The SMILES string of the molecule is O=C1c2ccccc2C(=O)N1CC1CCc2c1ccnc2C(F)(F)F. The summed E-state index contributed by atoms with van der Waals surface area (Å²) in [5, 5.41) is 0. The van der Waals surface area contributed by atoms with E-state index in [1.54, 1.807) is 30.3 Å². The summed E-state index contributed by atoms with van der Waals surface area (Å²) < 4.78 is 39.3. The van der Waals surface area contributed by atoms with Gasteiger partial charge in [0.2, 0.25) is 0 Å². The van der Waals surface area contributed by atoms with Crippen molar-refractivity contribution in [2.75, 3.05) is 6.54 Å². The maximum Gasteiger partial charge on any atom is 0.433 e. The second kappa shape index (κ2) is 5.40. The average molecular weight is 346 g/mol. The highest BCUT2D eigenvalue weighted by molar-refractivity contribution is 6.21. The average Bonchev–Trinajstić information content (AvgIpc) is 3.09. The number of benzene rings is 1. The van der Waals surface area contributed by atoms with Gasteiger partial charge in [-0.3, -0.25) is 19.5 Å². The van der Waals surface area contributed by atoms with Gasteiger partial charge in [0, 0.05) is 18.7 Å². The van der Waals surface area contributed by atoms with Crippen molar-refractivity contribution in [3.63, 3.8) is 0 Å². The van der Waals surface area contributed by atoms with E-state index in [0.717, 1.165) is 11.1 Å². The van der Waals surface area contributed by atoms with E-state index in [1.807, 2.05) is 0 Å². The van der Waals surface area contributed by atoms with Crippen LogP contribution in [0.5, 0.6) is 0 Å². The predicted molar refractivity (Wildman–Crippen MR) is 82.1 cm³/mol. The molecule has 1 aromatic carbocycles. The van der Waals surface area contributed by atoms with Crippen LogP contribution in [0.3, 0.4) is 0 Å². The molecule has 4 rings (SSSR count). The molecule has 2 amide bonds. The standard InChI is InChI=1S/C18H13F3N2O2/c19-18(20,21)15-12-6-5-10(11(12)7-8-22-15)9-23-16(24)13-3-1-2-4-14(13)17(23)25/h1-4,7-8,10H,5-6,9H2. The Hall–Kier alpha value is -2.70. The number of aromatic nitrogens is 1. The van der Waals surface area contributed by atoms with Crippen molar-refractivity contribution >= 4 is 11.8 Å². The molecule has 2 heterocycles. The minimum atomic E-state index is -4.50. The van der Waals surface area contributed by atoms with E-state index >= 15 is 0 Å². The van der Waals surface area contributed by atoms with Gasteiger partial charge in [0.1, 0.15) is 5.69 Å². The molecule has 1 aromatic heterocycles. The van der Waals surface area contributed by atoms with Crippen LogP contribution in [0.15, 0.2) is 36.5 Å². The first-order chi connectivity index (χ1) is 11.9. The molecule has 0 saturated carbocycles. The van der Waals surface area contributed by atoms with Gasteiger partial charge in [0.15, 0.2) is 0 Å². The van der Waals surface area contributed by atoms with E-state index in [1.165, 1.54) is 0 Å². The third kappa shape index (κ3) is 2.42. The van der Waals surface area contributed by atoms with Gasteiger partial charge in [-0.05, 0) is 42.2 Å². The quantitative estimate of drug-likeness (QED) is 0.783. The molecule has 2 aromatic rings. The number of amides is 2. The minimum absolute atomic E-state index is 0.0840. The third-order valence-corrected chi connectivity index (χ3v) is 4.82. The number of carbonyl (C=O) groups is 2. The molecule has 25 heavy (non-hydrogen) atoms. The van der Waals surface area contributed by atoms with Crippen molar-refractivity contribution in [1.29, 1.82) is 0 Å². The highest BCUT2D eigenvalue weighted by Crippen LogP contribution is 2.41. The lowest BCUT2D eigenvalue weighted by Crippen LogP contribution is -2.33. The lowest BCUT2D eigenvalue weighted by molar-refractivity contribution is -0.141. The maximum absolute atomic E-state index is 13.1. The van der Waals surface area contributed by atoms with E-state index in [2.05, 4.69) is 4.98 Å². The third-order valence-electron chi connectivity index (χ3n) is 4.82. The number of hydrogen-bond donors (Lipinski definition) is 0. The molecule has 0 saturated heterocycles. The van der Waals surface area contributed by atoms with E-state index in [4.69, 9.17) is 0 Å². The fraction of sp³-hybridized carbons (Fsp3) is 0.278. The molecule has 1 unspecified atom stereocenters. The van der Waals surface area contributed by atoms with Crippen LogP contribution < -0.4 is 0 Å². The molecule has 7 heteroatoms. The van der Waals surface area contributed by atoms with Gasteiger partial charge >= 0.3 is 6.18 Å². The van der Waals surface area contributed by atoms with Crippen LogP contribution in [0.4, 0.5) is 13.2 Å². The number of hydrogen-bond acceptors (Lipinski definition) is 3. The summed E-state index contributed by atoms with van der Waals surface area (Å²) in [7, 11) is 0. The Balaban J connectivity index is 1.64. The fourth-order valence-corrected chi connectivity index (χ4v) is 3.69. The van der Waals surface area contributed by atoms with Crippen LogP contribution in [0.1, 0.15) is 49.9 Å². The molecule has 1 aliphatic carbocycles. The summed E-state index contributed by atoms with van der Waals surface area (Å²) in [6.07, 6.45) is -2.67. The van der Waals surface area contributed by atoms with E-state index in [-0.39, 0.29) is 36.3 Å². The summed E-state index contributed by atoms with van der Waals surface area (Å²) in [5.41, 5.74) is 0.526. The highest BCUT2D eigenvalue weighted by atomic mass is 19.4. The van der Waals surface area contributed by atoms with E-state index in [9.17, 15) is 22.8 Å². The predicted octanol–water partition coefficient (Wildman–Crippen LogP) is 3.43. The number of alkyl halides is 3. The Morgan fingerprint density at radius 1 is 1.08 bits per heavy atom. The smallest absolute Gasteiger partial charge is 0.274 e. The second-order valence-electron chi connectivity index (χ2n) is 6.23.